The fraction of sp³-hybridized carbons (Fsp3) is 0.391. The van der Waals surface area contributed by atoms with Crippen molar-refractivity contribution < 1.29 is 10.2 Å². The molecule has 7 heteroatoms. The van der Waals surface area contributed by atoms with E-state index < -0.39 is 0 Å². The van der Waals surface area contributed by atoms with E-state index in [1.807, 2.05) is 18.4 Å². The third-order valence-electron chi connectivity index (χ3n) is 5.69. The Morgan fingerprint density at radius 1 is 1.10 bits per heavy atom. The van der Waals surface area contributed by atoms with Gasteiger partial charge in [-0.15, -0.1) is 22.8 Å². The van der Waals surface area contributed by atoms with Gasteiger partial charge in [-0.3, -0.25) is 4.57 Å². The van der Waals surface area contributed by atoms with Gasteiger partial charge in [-0.25, -0.2) is 0 Å². The molecule has 4 rings (SSSR count). The summed E-state index contributed by atoms with van der Waals surface area (Å²) in [7, 11) is 0. The highest BCUT2D eigenvalue weighted by molar-refractivity contribution is 7.80. The Morgan fingerprint density at radius 2 is 1.90 bits per heavy atom. The third-order valence-corrected chi connectivity index (χ3v) is 5.98. The number of thiol groups is 1. The molecule has 0 spiro atoms. The molecular weight excluding hydrogens is 396 g/mol. The molecule has 3 aromatic rings. The van der Waals surface area contributed by atoms with Crippen LogP contribution in [0.15, 0.2) is 35.5 Å². The summed E-state index contributed by atoms with van der Waals surface area (Å²) in [5.74, 6) is 0.636. The lowest BCUT2D eigenvalue weighted by Gasteiger charge is -2.31. The van der Waals surface area contributed by atoms with Crippen molar-refractivity contribution in [2.45, 2.75) is 51.1 Å². The highest BCUT2D eigenvalue weighted by atomic mass is 32.1. The number of aromatic nitrogens is 3. The monoisotopic (exact) mass is 424 g/mol. The number of aryl methyl sites for hydroxylation is 1. The number of phenolic OH excluding ortho intramolecular Hbond substituents is 2. The zero-order valence-corrected chi connectivity index (χ0v) is 18.5. The van der Waals surface area contributed by atoms with Crippen LogP contribution >= 0.6 is 12.6 Å². The average Bonchev–Trinajstić information content (AvgIpc) is 3.09. The lowest BCUT2D eigenvalue weighted by atomic mass is 9.98. The first kappa shape index (κ1) is 20.6. The summed E-state index contributed by atoms with van der Waals surface area (Å²) in [6, 6.07) is 9.54. The molecule has 1 aliphatic heterocycles. The van der Waals surface area contributed by atoms with Crippen molar-refractivity contribution in [2.75, 3.05) is 18.0 Å². The topological polar surface area (TPSA) is 74.4 Å². The molecular formula is C23H28N4O2S. The third kappa shape index (κ3) is 3.62. The van der Waals surface area contributed by atoms with Gasteiger partial charge in [0.1, 0.15) is 11.5 Å². The van der Waals surface area contributed by atoms with Gasteiger partial charge in [0.2, 0.25) is 0 Å². The number of hydrogen-bond acceptors (Lipinski definition) is 6. The molecule has 2 heterocycles. The molecule has 0 aliphatic carbocycles. The number of fused-ring (bicyclic) bond motifs is 1. The minimum atomic E-state index is -0.0375. The van der Waals surface area contributed by atoms with Gasteiger partial charge in [0, 0.05) is 24.8 Å². The molecule has 0 saturated carbocycles. The number of anilines is 1. The van der Waals surface area contributed by atoms with E-state index in [1.54, 1.807) is 6.07 Å². The van der Waals surface area contributed by atoms with Gasteiger partial charge < -0.3 is 15.1 Å². The molecule has 0 saturated heterocycles. The molecule has 1 aliphatic rings. The van der Waals surface area contributed by atoms with Gasteiger partial charge in [0.05, 0.1) is 11.3 Å². The number of rotatable bonds is 5. The van der Waals surface area contributed by atoms with Crippen LogP contribution in [0.5, 0.6) is 11.5 Å². The van der Waals surface area contributed by atoms with E-state index in [0.29, 0.717) is 16.5 Å². The lowest BCUT2D eigenvalue weighted by molar-refractivity contribution is 0.444. The summed E-state index contributed by atoms with van der Waals surface area (Å²) in [5, 5.41) is 29.7. The first-order valence-electron chi connectivity index (χ1n) is 10.5. The average molecular weight is 425 g/mol. The molecule has 2 N–H and O–H groups in total. The van der Waals surface area contributed by atoms with Crippen molar-refractivity contribution in [2.24, 2.45) is 0 Å². The normalized spacial score (nSPS) is 13.7. The summed E-state index contributed by atoms with van der Waals surface area (Å²) in [6.07, 6.45) is 3.34. The Labute approximate surface area is 182 Å². The van der Waals surface area contributed by atoms with Crippen LogP contribution in [0.1, 0.15) is 50.7 Å². The summed E-state index contributed by atoms with van der Waals surface area (Å²) >= 11 is 4.54. The molecule has 0 atom stereocenters. The maximum Gasteiger partial charge on any atom is 0.193 e. The Balaban J connectivity index is 1.85. The van der Waals surface area contributed by atoms with Crippen molar-refractivity contribution >= 4 is 18.3 Å². The fourth-order valence-electron chi connectivity index (χ4n) is 4.20. The van der Waals surface area contributed by atoms with Gasteiger partial charge in [-0.1, -0.05) is 26.8 Å². The molecule has 0 fully saturated rings. The molecule has 0 bridgehead atoms. The van der Waals surface area contributed by atoms with Crippen LogP contribution in [-0.2, 0) is 6.42 Å². The first-order chi connectivity index (χ1) is 14.4. The van der Waals surface area contributed by atoms with Crippen LogP contribution < -0.4 is 4.90 Å². The fourth-order valence-corrected chi connectivity index (χ4v) is 4.46. The number of nitrogens with zero attached hydrogens (tertiary/aromatic N) is 4. The number of benzene rings is 2. The summed E-state index contributed by atoms with van der Waals surface area (Å²) in [5.41, 5.74) is 4.76. The van der Waals surface area contributed by atoms with Crippen LogP contribution in [0.2, 0.25) is 0 Å². The van der Waals surface area contributed by atoms with Crippen LogP contribution in [0.3, 0.4) is 0 Å². The van der Waals surface area contributed by atoms with Crippen LogP contribution in [0, 0.1) is 0 Å². The molecule has 1 aromatic heterocycles. The highest BCUT2D eigenvalue weighted by Gasteiger charge is 2.22. The summed E-state index contributed by atoms with van der Waals surface area (Å²) in [6.45, 7) is 8.27. The Kier molecular flexibility index (Phi) is 5.64. The Hall–Kier alpha value is -2.67. The van der Waals surface area contributed by atoms with E-state index in [9.17, 15) is 10.2 Å². The van der Waals surface area contributed by atoms with Crippen molar-refractivity contribution in [3.8, 4) is 28.6 Å². The van der Waals surface area contributed by atoms with E-state index in [1.165, 1.54) is 23.7 Å². The van der Waals surface area contributed by atoms with Gasteiger partial charge >= 0.3 is 0 Å². The minimum Gasteiger partial charge on any atom is -0.508 e. The van der Waals surface area contributed by atoms with Crippen LogP contribution in [0.25, 0.3) is 17.1 Å². The molecule has 6 nitrogen and oxygen atoms in total. The van der Waals surface area contributed by atoms with E-state index in [2.05, 4.69) is 52.8 Å². The van der Waals surface area contributed by atoms with Crippen molar-refractivity contribution in [1.29, 1.82) is 0 Å². The second kappa shape index (κ2) is 8.22. The number of hydrogen-bond donors (Lipinski definition) is 3. The van der Waals surface area contributed by atoms with Gasteiger partial charge in [0.15, 0.2) is 11.0 Å². The standard InChI is InChI=1S/C23H28N4O2S/c1-4-9-26-10-5-6-15-7-8-16(11-19(15)26)27-22(24-25-23(27)30)18-12-17(14(2)3)20(28)13-21(18)29/h7-8,11-14,28-29H,4-6,9-10H2,1-3H3,(H,25,30). The summed E-state index contributed by atoms with van der Waals surface area (Å²) < 4.78 is 1.85. The van der Waals surface area contributed by atoms with E-state index >= 15 is 0 Å². The van der Waals surface area contributed by atoms with Gasteiger partial charge in [-0.2, -0.15) is 0 Å². The molecule has 0 unspecified atom stereocenters. The molecule has 158 valence electrons. The van der Waals surface area contributed by atoms with Gasteiger partial charge in [0.25, 0.3) is 0 Å². The predicted molar refractivity (Wildman–Crippen MR) is 122 cm³/mol. The zero-order valence-electron chi connectivity index (χ0n) is 17.6. The maximum absolute atomic E-state index is 10.6. The first-order valence-corrected chi connectivity index (χ1v) is 10.9. The van der Waals surface area contributed by atoms with E-state index in [4.69, 9.17) is 0 Å². The second-order valence-electron chi connectivity index (χ2n) is 8.15. The Morgan fingerprint density at radius 3 is 2.63 bits per heavy atom. The largest absolute Gasteiger partial charge is 0.508 e. The molecule has 30 heavy (non-hydrogen) atoms. The van der Waals surface area contributed by atoms with Crippen LogP contribution in [-0.4, -0.2) is 38.1 Å². The second-order valence-corrected chi connectivity index (χ2v) is 8.55. The van der Waals surface area contributed by atoms with E-state index in [-0.39, 0.29) is 17.4 Å². The lowest BCUT2D eigenvalue weighted by Crippen LogP contribution is -2.30. The quantitative estimate of drug-likeness (QED) is 0.507. The number of phenols is 2. The zero-order chi connectivity index (χ0) is 21.4. The number of aromatic hydroxyl groups is 2. The highest BCUT2D eigenvalue weighted by Crippen LogP contribution is 2.39. The Bertz CT molecular complexity index is 1080. The maximum atomic E-state index is 10.6. The van der Waals surface area contributed by atoms with Gasteiger partial charge in [-0.05, 0) is 54.5 Å². The van der Waals surface area contributed by atoms with Crippen LogP contribution in [0.4, 0.5) is 5.69 Å². The SMILES string of the molecule is CCCN1CCCc2ccc(-n3c(S)nnc3-c3cc(C(C)C)c(O)cc3O)cc21. The minimum absolute atomic E-state index is 0.0375. The predicted octanol–water partition coefficient (Wildman–Crippen LogP) is 4.92. The van der Waals surface area contributed by atoms with Crippen molar-refractivity contribution in [3.05, 3.63) is 41.5 Å². The van der Waals surface area contributed by atoms with Crippen molar-refractivity contribution in [1.82, 2.24) is 14.8 Å². The summed E-state index contributed by atoms with van der Waals surface area (Å²) in [4.78, 5) is 2.43. The molecule has 2 aromatic carbocycles. The molecule has 0 amide bonds. The van der Waals surface area contributed by atoms with E-state index in [0.717, 1.165) is 37.2 Å². The van der Waals surface area contributed by atoms with Crippen molar-refractivity contribution in [3.63, 3.8) is 0 Å². The smallest absolute Gasteiger partial charge is 0.193 e. The molecule has 0 radical (unpaired) electrons.